The van der Waals surface area contributed by atoms with E-state index in [1.165, 1.54) is 21.8 Å². The number of carbonyl (C=O) groups excluding carboxylic acids is 1. The van der Waals surface area contributed by atoms with E-state index < -0.39 is 0 Å². The highest BCUT2D eigenvalue weighted by Gasteiger charge is 2.01. The van der Waals surface area contributed by atoms with Crippen molar-refractivity contribution in [3.05, 3.63) is 46.2 Å². The smallest absolute Gasteiger partial charge is 0.160 e. The molecule has 2 aromatic rings. The molecule has 1 aromatic heterocycles. The Morgan fingerprint density at radius 1 is 1.27 bits per heavy atom. The van der Waals surface area contributed by atoms with Gasteiger partial charge < -0.3 is 0 Å². The molecule has 0 saturated heterocycles. The van der Waals surface area contributed by atoms with Crippen LogP contribution in [0.1, 0.15) is 15.2 Å². The van der Waals surface area contributed by atoms with Gasteiger partial charge in [0.2, 0.25) is 0 Å². The third-order valence-electron chi connectivity index (χ3n) is 1.94. The Balaban J connectivity index is 2.18. The molecule has 1 nitrogen and oxygen atoms in total. The maximum Gasteiger partial charge on any atom is 0.160 e. The van der Waals surface area contributed by atoms with Gasteiger partial charge in [0.1, 0.15) is 0 Å². The zero-order valence-electron chi connectivity index (χ0n) is 8.27. The molecule has 0 aliphatic carbocycles. The van der Waals surface area contributed by atoms with Gasteiger partial charge in [-0.1, -0.05) is 29.5 Å². The van der Waals surface area contributed by atoms with Crippen molar-refractivity contribution in [2.75, 3.05) is 0 Å². The van der Waals surface area contributed by atoms with Gasteiger partial charge in [-0.25, -0.2) is 0 Å². The van der Waals surface area contributed by atoms with Gasteiger partial charge >= 0.3 is 0 Å². The van der Waals surface area contributed by atoms with E-state index in [9.17, 15) is 4.79 Å². The predicted octanol–water partition coefficient (Wildman–Crippen LogP) is 4.02. The second kappa shape index (κ2) is 4.64. The summed E-state index contributed by atoms with van der Waals surface area (Å²) in [4.78, 5) is 13.7. The largest absolute Gasteiger partial charge is 0.297 e. The zero-order valence-corrected chi connectivity index (χ0v) is 9.90. The monoisotopic (exact) mass is 234 g/mol. The van der Waals surface area contributed by atoms with Crippen LogP contribution in [0.5, 0.6) is 0 Å². The molecule has 1 heterocycles. The van der Waals surface area contributed by atoms with Crippen LogP contribution in [0.3, 0.4) is 0 Å². The molecule has 0 aliphatic rings. The summed E-state index contributed by atoms with van der Waals surface area (Å²) in [6.07, 6.45) is 0.894. The molecule has 0 fully saturated rings. The lowest BCUT2D eigenvalue weighted by atomic mass is 10.2. The molecule has 0 bridgehead atoms. The van der Waals surface area contributed by atoms with Gasteiger partial charge in [0, 0.05) is 15.2 Å². The van der Waals surface area contributed by atoms with Crippen molar-refractivity contribution in [2.45, 2.75) is 16.7 Å². The number of aldehydes is 1. The lowest BCUT2D eigenvalue weighted by Gasteiger charge is -1.99. The molecule has 1 aromatic carbocycles. The Bertz CT molecular complexity index is 474. The summed E-state index contributed by atoms with van der Waals surface area (Å²) in [6.45, 7) is 2.08. The molecule has 0 radical (unpaired) electrons. The fraction of sp³-hybridized carbons (Fsp3) is 0.0833. The summed E-state index contributed by atoms with van der Waals surface area (Å²) >= 11 is 3.17. The van der Waals surface area contributed by atoms with Crippen LogP contribution >= 0.6 is 23.1 Å². The number of carbonyl (C=O) groups is 1. The van der Waals surface area contributed by atoms with Gasteiger partial charge in [-0.3, -0.25) is 4.79 Å². The minimum atomic E-state index is 0.783. The van der Waals surface area contributed by atoms with Crippen LogP contribution in [0.25, 0.3) is 0 Å². The molecule has 0 saturated carbocycles. The Kier molecular flexibility index (Phi) is 3.23. The summed E-state index contributed by atoms with van der Waals surface area (Å²) in [6, 6.07) is 10.3. The van der Waals surface area contributed by atoms with Crippen molar-refractivity contribution in [1.29, 1.82) is 0 Å². The van der Waals surface area contributed by atoms with Crippen LogP contribution in [0.15, 0.2) is 45.5 Å². The molecule has 0 atom stereocenters. The summed E-state index contributed by atoms with van der Waals surface area (Å²) < 4.78 is 0. The predicted molar refractivity (Wildman–Crippen MR) is 65.0 cm³/mol. The molecule has 0 unspecified atom stereocenters. The van der Waals surface area contributed by atoms with Crippen LogP contribution in [0.4, 0.5) is 0 Å². The first-order chi connectivity index (χ1) is 7.28. The van der Waals surface area contributed by atoms with E-state index >= 15 is 0 Å². The Morgan fingerprint density at radius 2 is 2.13 bits per heavy atom. The first kappa shape index (κ1) is 10.5. The molecule has 15 heavy (non-hydrogen) atoms. The van der Waals surface area contributed by atoms with E-state index in [0.29, 0.717) is 0 Å². The van der Waals surface area contributed by atoms with Crippen molar-refractivity contribution in [3.63, 3.8) is 0 Å². The normalized spacial score (nSPS) is 10.2. The topological polar surface area (TPSA) is 17.1 Å². The highest BCUT2D eigenvalue weighted by molar-refractivity contribution is 7.99. The fourth-order valence-corrected chi connectivity index (χ4v) is 3.10. The fourth-order valence-electron chi connectivity index (χ4n) is 1.26. The highest BCUT2D eigenvalue weighted by atomic mass is 32.2. The minimum Gasteiger partial charge on any atom is -0.297 e. The molecule has 3 heteroatoms. The van der Waals surface area contributed by atoms with Crippen LogP contribution in [0, 0.1) is 6.92 Å². The maximum atomic E-state index is 10.5. The molecular formula is C12H10OS2. The van der Waals surface area contributed by atoms with Crippen LogP contribution in [0.2, 0.25) is 0 Å². The van der Waals surface area contributed by atoms with Gasteiger partial charge in [-0.2, -0.15) is 0 Å². The van der Waals surface area contributed by atoms with Gasteiger partial charge in [0.25, 0.3) is 0 Å². The van der Waals surface area contributed by atoms with Crippen molar-refractivity contribution in [2.24, 2.45) is 0 Å². The van der Waals surface area contributed by atoms with Crippen LogP contribution < -0.4 is 0 Å². The molecule has 0 amide bonds. The zero-order chi connectivity index (χ0) is 10.7. The number of hydrogen-bond donors (Lipinski definition) is 0. The average molecular weight is 234 g/mol. The molecule has 0 N–H and O–H groups in total. The first-order valence-corrected chi connectivity index (χ1v) is 6.26. The standard InChI is InChI=1S/C12H10OS2/c1-9-3-2-4-10(5-9)15-12-6-11(7-13)14-8-12/h2-8H,1H3. The van der Waals surface area contributed by atoms with Crippen molar-refractivity contribution >= 4 is 29.4 Å². The van der Waals surface area contributed by atoms with E-state index in [2.05, 4.69) is 25.1 Å². The summed E-state index contributed by atoms with van der Waals surface area (Å²) in [7, 11) is 0. The average Bonchev–Trinajstić information content (AvgIpc) is 2.65. The quantitative estimate of drug-likeness (QED) is 0.746. The molecule has 0 spiro atoms. The molecule has 76 valence electrons. The molecule has 2 rings (SSSR count). The molecule has 0 aliphatic heterocycles. The number of benzene rings is 1. The van der Waals surface area contributed by atoms with E-state index in [0.717, 1.165) is 16.1 Å². The van der Waals surface area contributed by atoms with Crippen molar-refractivity contribution in [3.8, 4) is 0 Å². The SMILES string of the molecule is Cc1cccc(Sc2csc(C=O)c2)c1. The Morgan fingerprint density at radius 3 is 2.80 bits per heavy atom. The summed E-state index contributed by atoms with van der Waals surface area (Å²) in [5.74, 6) is 0. The third kappa shape index (κ3) is 2.70. The van der Waals surface area contributed by atoms with Gasteiger partial charge in [-0.05, 0) is 25.1 Å². The second-order valence-electron chi connectivity index (χ2n) is 3.22. The number of thiophene rings is 1. The van der Waals surface area contributed by atoms with E-state index in [1.54, 1.807) is 11.8 Å². The van der Waals surface area contributed by atoms with Crippen LogP contribution in [-0.4, -0.2) is 6.29 Å². The van der Waals surface area contributed by atoms with E-state index in [4.69, 9.17) is 0 Å². The minimum absolute atomic E-state index is 0.783. The lowest BCUT2D eigenvalue weighted by molar-refractivity contribution is 0.112. The summed E-state index contributed by atoms with van der Waals surface area (Å²) in [5.41, 5.74) is 1.26. The summed E-state index contributed by atoms with van der Waals surface area (Å²) in [5, 5.41) is 2.01. The third-order valence-corrected chi connectivity index (χ3v) is 3.91. The molecular weight excluding hydrogens is 224 g/mol. The van der Waals surface area contributed by atoms with Gasteiger partial charge in [-0.15, -0.1) is 11.3 Å². The number of rotatable bonds is 3. The van der Waals surface area contributed by atoms with Crippen molar-refractivity contribution in [1.82, 2.24) is 0 Å². The van der Waals surface area contributed by atoms with Crippen molar-refractivity contribution < 1.29 is 4.79 Å². The van der Waals surface area contributed by atoms with Crippen LogP contribution in [-0.2, 0) is 0 Å². The second-order valence-corrected chi connectivity index (χ2v) is 5.31. The van der Waals surface area contributed by atoms with Gasteiger partial charge in [0.15, 0.2) is 6.29 Å². The highest BCUT2D eigenvalue weighted by Crippen LogP contribution is 2.31. The lowest BCUT2D eigenvalue weighted by Crippen LogP contribution is -1.73. The maximum absolute atomic E-state index is 10.5. The van der Waals surface area contributed by atoms with Gasteiger partial charge in [0.05, 0.1) is 4.88 Å². The van der Waals surface area contributed by atoms with E-state index in [-0.39, 0.29) is 0 Å². The van der Waals surface area contributed by atoms with E-state index in [1.807, 2.05) is 17.5 Å². The Hall–Kier alpha value is -1.06. The number of aryl methyl sites for hydroxylation is 1. The number of hydrogen-bond acceptors (Lipinski definition) is 3. The Labute approximate surface area is 97.1 Å². The first-order valence-electron chi connectivity index (χ1n) is 4.56.